The third-order valence-electron chi connectivity index (χ3n) is 2.67. The van der Waals surface area contributed by atoms with Gasteiger partial charge in [0.2, 0.25) is 0 Å². The highest BCUT2D eigenvalue weighted by Crippen LogP contribution is 2.21. The number of esters is 1. The Bertz CT molecular complexity index is 554. The number of hydrogen-bond acceptors (Lipinski definition) is 4. The summed E-state index contributed by atoms with van der Waals surface area (Å²) in [5.74, 6) is 0.233. The molecule has 4 nitrogen and oxygen atoms in total. The molecule has 1 atom stereocenters. The molecule has 1 heterocycles. The van der Waals surface area contributed by atoms with Crippen LogP contribution in [0.5, 0.6) is 5.75 Å². The van der Waals surface area contributed by atoms with Crippen molar-refractivity contribution in [2.24, 2.45) is 0 Å². The average molecular weight is 257 g/mol. The standard InChI is InChI=1S/C15H15NO3/c1-11(14-8-3-4-9-16-14)19-13-7-5-6-12(10-13)15(17)18-2/h3-11H,1-2H3. The number of nitrogens with zero attached hydrogens (tertiary/aromatic N) is 1. The molecule has 0 bridgehead atoms. The monoisotopic (exact) mass is 257 g/mol. The van der Waals surface area contributed by atoms with Gasteiger partial charge in [0.05, 0.1) is 18.4 Å². The Labute approximate surface area is 112 Å². The SMILES string of the molecule is COC(=O)c1cccc(OC(C)c2ccccn2)c1. The predicted molar refractivity (Wildman–Crippen MR) is 71.1 cm³/mol. The van der Waals surface area contributed by atoms with E-state index in [0.29, 0.717) is 11.3 Å². The van der Waals surface area contributed by atoms with Crippen LogP contribution in [0.2, 0.25) is 0 Å². The van der Waals surface area contributed by atoms with Gasteiger partial charge in [-0.05, 0) is 37.3 Å². The summed E-state index contributed by atoms with van der Waals surface area (Å²) in [7, 11) is 1.35. The Morgan fingerprint density at radius 3 is 2.74 bits per heavy atom. The highest BCUT2D eigenvalue weighted by Gasteiger charge is 2.10. The average Bonchev–Trinajstić information content (AvgIpc) is 2.47. The van der Waals surface area contributed by atoms with Gasteiger partial charge in [-0.2, -0.15) is 0 Å². The van der Waals surface area contributed by atoms with Gasteiger partial charge in [-0.1, -0.05) is 12.1 Å². The number of benzene rings is 1. The summed E-state index contributed by atoms with van der Waals surface area (Å²) in [6.07, 6.45) is 1.54. The first kappa shape index (κ1) is 13.1. The molecule has 0 saturated heterocycles. The van der Waals surface area contributed by atoms with Crippen molar-refractivity contribution in [2.75, 3.05) is 7.11 Å². The fourth-order valence-electron chi connectivity index (χ4n) is 1.70. The van der Waals surface area contributed by atoms with Gasteiger partial charge in [-0.15, -0.1) is 0 Å². The molecule has 1 unspecified atom stereocenters. The van der Waals surface area contributed by atoms with Gasteiger partial charge in [0, 0.05) is 6.20 Å². The molecule has 98 valence electrons. The van der Waals surface area contributed by atoms with Gasteiger partial charge in [-0.25, -0.2) is 4.79 Å². The van der Waals surface area contributed by atoms with Crippen LogP contribution in [-0.4, -0.2) is 18.1 Å². The summed E-state index contributed by atoms with van der Waals surface area (Å²) in [6, 6.07) is 12.6. The molecule has 0 spiro atoms. The predicted octanol–water partition coefficient (Wildman–Crippen LogP) is 3.01. The molecule has 0 aliphatic rings. The lowest BCUT2D eigenvalue weighted by atomic mass is 10.2. The van der Waals surface area contributed by atoms with E-state index >= 15 is 0 Å². The van der Waals surface area contributed by atoms with Crippen LogP contribution < -0.4 is 4.74 Å². The van der Waals surface area contributed by atoms with E-state index in [4.69, 9.17) is 4.74 Å². The number of pyridine rings is 1. The lowest BCUT2D eigenvalue weighted by molar-refractivity contribution is 0.0600. The quantitative estimate of drug-likeness (QED) is 0.790. The Morgan fingerprint density at radius 2 is 2.05 bits per heavy atom. The van der Waals surface area contributed by atoms with Crippen LogP contribution in [0, 0.1) is 0 Å². The zero-order valence-electron chi connectivity index (χ0n) is 10.9. The van der Waals surface area contributed by atoms with E-state index in [-0.39, 0.29) is 12.1 Å². The molecule has 0 saturated carbocycles. The Morgan fingerprint density at radius 1 is 1.21 bits per heavy atom. The molecule has 0 amide bonds. The van der Waals surface area contributed by atoms with E-state index in [2.05, 4.69) is 9.72 Å². The van der Waals surface area contributed by atoms with Crippen molar-refractivity contribution in [3.05, 3.63) is 59.9 Å². The van der Waals surface area contributed by atoms with Crippen LogP contribution in [0.1, 0.15) is 29.1 Å². The maximum absolute atomic E-state index is 11.4. The Balaban J connectivity index is 2.13. The van der Waals surface area contributed by atoms with Crippen molar-refractivity contribution in [3.8, 4) is 5.75 Å². The first-order valence-electron chi connectivity index (χ1n) is 5.96. The van der Waals surface area contributed by atoms with E-state index < -0.39 is 0 Å². The first-order valence-corrected chi connectivity index (χ1v) is 5.96. The largest absolute Gasteiger partial charge is 0.484 e. The maximum Gasteiger partial charge on any atom is 0.337 e. The summed E-state index contributed by atoms with van der Waals surface area (Å²) in [5, 5.41) is 0. The van der Waals surface area contributed by atoms with Crippen molar-refractivity contribution < 1.29 is 14.3 Å². The number of carbonyl (C=O) groups is 1. The second-order valence-electron chi connectivity index (χ2n) is 4.03. The topological polar surface area (TPSA) is 48.4 Å². The van der Waals surface area contributed by atoms with Gasteiger partial charge in [0.25, 0.3) is 0 Å². The van der Waals surface area contributed by atoms with Gasteiger partial charge >= 0.3 is 5.97 Å². The molecule has 19 heavy (non-hydrogen) atoms. The molecule has 0 aliphatic heterocycles. The summed E-state index contributed by atoms with van der Waals surface area (Å²) in [4.78, 5) is 15.7. The lowest BCUT2D eigenvalue weighted by Gasteiger charge is -2.14. The Hall–Kier alpha value is -2.36. The molecule has 4 heteroatoms. The van der Waals surface area contributed by atoms with Crippen LogP contribution in [0.25, 0.3) is 0 Å². The van der Waals surface area contributed by atoms with E-state index in [1.165, 1.54) is 7.11 Å². The summed E-state index contributed by atoms with van der Waals surface area (Å²) < 4.78 is 10.4. The minimum Gasteiger partial charge on any atom is -0.484 e. The van der Waals surface area contributed by atoms with E-state index in [1.807, 2.05) is 25.1 Å². The van der Waals surface area contributed by atoms with Crippen LogP contribution in [-0.2, 0) is 4.74 Å². The van der Waals surface area contributed by atoms with Crippen molar-refractivity contribution in [1.29, 1.82) is 0 Å². The van der Waals surface area contributed by atoms with Crippen LogP contribution in [0.4, 0.5) is 0 Å². The second kappa shape index (κ2) is 6.00. The summed E-state index contributed by atoms with van der Waals surface area (Å²) in [5.41, 5.74) is 1.30. The van der Waals surface area contributed by atoms with Gasteiger partial charge in [-0.3, -0.25) is 4.98 Å². The second-order valence-corrected chi connectivity index (χ2v) is 4.03. The number of carbonyl (C=O) groups excluding carboxylic acids is 1. The molecule has 2 aromatic rings. The third kappa shape index (κ3) is 3.31. The van der Waals surface area contributed by atoms with Gasteiger partial charge in [0.1, 0.15) is 11.9 Å². The van der Waals surface area contributed by atoms with E-state index in [0.717, 1.165) is 5.69 Å². The highest BCUT2D eigenvalue weighted by atomic mass is 16.5. The molecule has 0 fully saturated rings. The first-order chi connectivity index (χ1) is 9.20. The van der Waals surface area contributed by atoms with Crippen molar-refractivity contribution >= 4 is 5.97 Å². The summed E-state index contributed by atoms with van der Waals surface area (Å²) >= 11 is 0. The number of ether oxygens (including phenoxy) is 2. The smallest absolute Gasteiger partial charge is 0.337 e. The van der Waals surface area contributed by atoms with Crippen molar-refractivity contribution in [2.45, 2.75) is 13.0 Å². The summed E-state index contributed by atoms with van der Waals surface area (Å²) in [6.45, 7) is 1.91. The number of aromatic nitrogens is 1. The minimum absolute atomic E-state index is 0.186. The fourth-order valence-corrected chi connectivity index (χ4v) is 1.70. The van der Waals surface area contributed by atoms with Crippen LogP contribution >= 0.6 is 0 Å². The molecule has 2 rings (SSSR count). The molecule has 0 radical (unpaired) electrons. The molecule has 1 aromatic heterocycles. The fraction of sp³-hybridized carbons (Fsp3) is 0.200. The molecular formula is C15H15NO3. The van der Waals surface area contributed by atoms with Crippen LogP contribution in [0.3, 0.4) is 0 Å². The third-order valence-corrected chi connectivity index (χ3v) is 2.67. The van der Waals surface area contributed by atoms with E-state index in [1.54, 1.807) is 30.5 Å². The molecular weight excluding hydrogens is 242 g/mol. The molecule has 1 aromatic carbocycles. The maximum atomic E-state index is 11.4. The lowest BCUT2D eigenvalue weighted by Crippen LogP contribution is -2.06. The van der Waals surface area contributed by atoms with Crippen molar-refractivity contribution in [3.63, 3.8) is 0 Å². The Kier molecular flexibility index (Phi) is 4.13. The molecule has 0 aliphatic carbocycles. The number of hydrogen-bond donors (Lipinski definition) is 0. The zero-order valence-corrected chi connectivity index (χ0v) is 10.9. The van der Waals surface area contributed by atoms with Gasteiger partial charge in [0.15, 0.2) is 0 Å². The van der Waals surface area contributed by atoms with Crippen LogP contribution in [0.15, 0.2) is 48.7 Å². The highest BCUT2D eigenvalue weighted by molar-refractivity contribution is 5.89. The van der Waals surface area contributed by atoms with Crippen molar-refractivity contribution in [1.82, 2.24) is 4.98 Å². The van der Waals surface area contributed by atoms with Gasteiger partial charge < -0.3 is 9.47 Å². The normalized spacial score (nSPS) is 11.7. The minimum atomic E-state index is -0.379. The number of rotatable bonds is 4. The van der Waals surface area contributed by atoms with E-state index in [9.17, 15) is 4.79 Å². The molecule has 0 N–H and O–H groups in total. The number of methoxy groups -OCH3 is 1. The zero-order chi connectivity index (χ0) is 13.7.